The molecule has 0 bridgehead atoms. The van der Waals surface area contributed by atoms with Crippen LogP contribution < -0.4 is 10.1 Å². The maximum absolute atomic E-state index is 12.8. The number of fused-ring (bicyclic) bond motifs is 1. The van der Waals surface area contributed by atoms with Crippen molar-refractivity contribution in [2.45, 2.75) is 12.8 Å². The number of nitrogens with zero attached hydrogens (tertiary/aromatic N) is 6. The summed E-state index contributed by atoms with van der Waals surface area (Å²) < 4.78 is 31.5. The molecule has 3 heterocycles. The number of anilines is 1. The smallest absolute Gasteiger partial charge is 0.316 e. The van der Waals surface area contributed by atoms with Crippen LogP contribution in [0.15, 0.2) is 24.5 Å². The normalized spacial score (nSPS) is 11.1. The summed E-state index contributed by atoms with van der Waals surface area (Å²) in [6.07, 6.45) is 1.25. The van der Waals surface area contributed by atoms with Crippen molar-refractivity contribution in [2.24, 2.45) is 0 Å². The fourth-order valence-corrected chi connectivity index (χ4v) is 1.95. The van der Waals surface area contributed by atoms with E-state index in [1.165, 1.54) is 7.11 Å². The second kappa shape index (κ2) is 6.46. The SMILES string of the molecule is COc1ncc(CCNc2ccc3nnc(C(F)F)n3n2)cn1. The van der Waals surface area contributed by atoms with E-state index in [9.17, 15) is 8.78 Å². The second-order valence-electron chi connectivity index (χ2n) is 4.60. The number of hydrogen-bond acceptors (Lipinski definition) is 7. The zero-order valence-electron chi connectivity index (χ0n) is 12.1. The average Bonchev–Trinajstić information content (AvgIpc) is 2.99. The topological polar surface area (TPSA) is 90.1 Å². The second-order valence-corrected chi connectivity index (χ2v) is 4.60. The van der Waals surface area contributed by atoms with E-state index in [0.717, 1.165) is 10.1 Å². The third kappa shape index (κ3) is 3.30. The van der Waals surface area contributed by atoms with Crippen molar-refractivity contribution in [3.63, 3.8) is 0 Å². The fraction of sp³-hybridized carbons (Fsp3) is 0.308. The van der Waals surface area contributed by atoms with Gasteiger partial charge in [-0.25, -0.2) is 18.7 Å². The number of hydrogen-bond donors (Lipinski definition) is 1. The van der Waals surface area contributed by atoms with Gasteiger partial charge in [0.05, 0.1) is 7.11 Å². The summed E-state index contributed by atoms with van der Waals surface area (Å²) in [4.78, 5) is 8.01. The molecule has 1 N–H and O–H groups in total. The summed E-state index contributed by atoms with van der Waals surface area (Å²) in [5.41, 5.74) is 1.19. The van der Waals surface area contributed by atoms with Crippen LogP contribution in [0, 0.1) is 0 Å². The Hall–Kier alpha value is -2.91. The highest BCUT2D eigenvalue weighted by Gasteiger charge is 2.16. The van der Waals surface area contributed by atoms with E-state index in [-0.39, 0.29) is 5.65 Å². The van der Waals surface area contributed by atoms with Gasteiger partial charge in [0.1, 0.15) is 5.82 Å². The lowest BCUT2D eigenvalue weighted by molar-refractivity contribution is 0.137. The van der Waals surface area contributed by atoms with E-state index in [1.807, 2.05) is 0 Å². The van der Waals surface area contributed by atoms with Crippen LogP contribution in [0.1, 0.15) is 17.8 Å². The van der Waals surface area contributed by atoms with Crippen LogP contribution in [0.25, 0.3) is 5.65 Å². The number of alkyl halides is 2. The molecule has 3 aromatic heterocycles. The first-order valence-corrected chi connectivity index (χ1v) is 6.76. The Morgan fingerprint density at radius 3 is 2.70 bits per heavy atom. The van der Waals surface area contributed by atoms with Crippen molar-refractivity contribution < 1.29 is 13.5 Å². The zero-order valence-corrected chi connectivity index (χ0v) is 12.1. The van der Waals surface area contributed by atoms with Gasteiger partial charge in [0.25, 0.3) is 6.43 Å². The van der Waals surface area contributed by atoms with Crippen LogP contribution in [-0.2, 0) is 6.42 Å². The molecule has 0 saturated carbocycles. The van der Waals surface area contributed by atoms with E-state index < -0.39 is 12.2 Å². The van der Waals surface area contributed by atoms with Gasteiger partial charge in [0.15, 0.2) is 5.65 Å². The number of rotatable bonds is 6. The molecule has 0 spiro atoms. The molecule has 8 nitrogen and oxygen atoms in total. The van der Waals surface area contributed by atoms with Crippen LogP contribution in [0.5, 0.6) is 6.01 Å². The Morgan fingerprint density at radius 1 is 1.22 bits per heavy atom. The molecule has 0 aliphatic heterocycles. The van der Waals surface area contributed by atoms with Gasteiger partial charge >= 0.3 is 6.01 Å². The minimum atomic E-state index is -2.73. The van der Waals surface area contributed by atoms with Crippen molar-refractivity contribution in [3.05, 3.63) is 35.9 Å². The largest absolute Gasteiger partial charge is 0.467 e. The lowest BCUT2D eigenvalue weighted by Gasteiger charge is -2.06. The first-order valence-electron chi connectivity index (χ1n) is 6.76. The highest BCUT2D eigenvalue weighted by atomic mass is 19.3. The molecule has 10 heteroatoms. The molecule has 0 aromatic carbocycles. The van der Waals surface area contributed by atoms with Crippen molar-refractivity contribution >= 4 is 11.5 Å². The molecule has 3 aromatic rings. The molecule has 3 rings (SSSR count). The molecule has 0 fully saturated rings. The Kier molecular flexibility index (Phi) is 4.22. The summed E-state index contributed by atoms with van der Waals surface area (Å²) >= 11 is 0. The van der Waals surface area contributed by atoms with E-state index in [1.54, 1.807) is 24.5 Å². The quantitative estimate of drug-likeness (QED) is 0.736. The van der Waals surface area contributed by atoms with Gasteiger partial charge in [-0.15, -0.1) is 15.3 Å². The molecule has 0 aliphatic rings. The Balaban J connectivity index is 1.65. The van der Waals surface area contributed by atoms with Gasteiger partial charge in [-0.3, -0.25) is 0 Å². The molecule has 0 saturated heterocycles. The van der Waals surface area contributed by atoms with Gasteiger partial charge in [-0.05, 0) is 24.1 Å². The molecule has 120 valence electrons. The summed E-state index contributed by atoms with van der Waals surface area (Å²) in [6, 6.07) is 3.54. The number of halogens is 2. The highest BCUT2D eigenvalue weighted by Crippen LogP contribution is 2.17. The molecule has 0 unspecified atom stereocenters. The molecule has 0 atom stereocenters. The lowest BCUT2D eigenvalue weighted by Crippen LogP contribution is -2.09. The van der Waals surface area contributed by atoms with Crippen molar-refractivity contribution in [1.82, 2.24) is 29.8 Å². The third-order valence-electron chi connectivity index (χ3n) is 3.07. The number of ether oxygens (including phenoxy) is 1. The van der Waals surface area contributed by atoms with Crippen LogP contribution >= 0.6 is 0 Å². The van der Waals surface area contributed by atoms with E-state index in [4.69, 9.17) is 4.74 Å². The highest BCUT2D eigenvalue weighted by molar-refractivity contribution is 5.44. The van der Waals surface area contributed by atoms with Crippen molar-refractivity contribution in [2.75, 3.05) is 19.0 Å². The third-order valence-corrected chi connectivity index (χ3v) is 3.07. The number of aromatic nitrogens is 6. The molecular formula is C13H13F2N7O. The van der Waals surface area contributed by atoms with Crippen LogP contribution in [0.2, 0.25) is 0 Å². The first kappa shape index (κ1) is 15.0. The number of nitrogens with one attached hydrogen (secondary N) is 1. The summed E-state index contributed by atoms with van der Waals surface area (Å²) in [5.74, 6) is -0.0270. The summed E-state index contributed by atoms with van der Waals surface area (Å²) in [5, 5.41) is 14.2. The minimum Gasteiger partial charge on any atom is -0.467 e. The fourth-order valence-electron chi connectivity index (χ4n) is 1.95. The molecule has 0 aliphatic carbocycles. The van der Waals surface area contributed by atoms with E-state index in [2.05, 4.69) is 30.6 Å². The molecule has 0 radical (unpaired) electrons. The van der Waals surface area contributed by atoms with Gasteiger partial charge in [0, 0.05) is 18.9 Å². The summed E-state index contributed by atoms with van der Waals surface area (Å²) in [6.45, 7) is 0.542. The van der Waals surface area contributed by atoms with Gasteiger partial charge in [-0.2, -0.15) is 4.52 Å². The Bertz CT molecular complexity index is 791. The summed E-state index contributed by atoms with van der Waals surface area (Å²) in [7, 11) is 1.50. The number of methoxy groups -OCH3 is 1. The molecular weight excluding hydrogens is 308 g/mol. The van der Waals surface area contributed by atoms with Crippen LogP contribution in [-0.4, -0.2) is 43.4 Å². The predicted octanol–water partition coefficient (Wildman–Crippen LogP) is 1.52. The van der Waals surface area contributed by atoms with Crippen LogP contribution in [0.4, 0.5) is 14.6 Å². The van der Waals surface area contributed by atoms with E-state index in [0.29, 0.717) is 24.8 Å². The maximum atomic E-state index is 12.8. The first-order chi connectivity index (χ1) is 11.2. The van der Waals surface area contributed by atoms with E-state index >= 15 is 0 Å². The standard InChI is InChI=1S/C13H13F2N7O/c1-23-13-17-6-8(7-18-13)4-5-16-9-2-3-10-19-20-12(11(14)15)22(10)21-9/h2-3,6-7,11H,4-5H2,1H3,(H,16,21). The maximum Gasteiger partial charge on any atom is 0.316 e. The monoisotopic (exact) mass is 321 g/mol. The predicted molar refractivity (Wildman–Crippen MR) is 76.5 cm³/mol. The zero-order chi connectivity index (χ0) is 16.2. The van der Waals surface area contributed by atoms with Gasteiger partial charge < -0.3 is 10.1 Å². The van der Waals surface area contributed by atoms with Crippen LogP contribution in [0.3, 0.4) is 0 Å². The minimum absolute atomic E-state index is 0.273. The van der Waals surface area contributed by atoms with Crippen molar-refractivity contribution in [1.29, 1.82) is 0 Å². The van der Waals surface area contributed by atoms with Gasteiger partial charge in [0.2, 0.25) is 5.82 Å². The molecule has 23 heavy (non-hydrogen) atoms. The van der Waals surface area contributed by atoms with Gasteiger partial charge in [-0.1, -0.05) is 0 Å². The van der Waals surface area contributed by atoms with Crippen molar-refractivity contribution in [3.8, 4) is 6.01 Å². The lowest BCUT2D eigenvalue weighted by atomic mass is 10.2. The Labute approximate surface area is 129 Å². The Morgan fingerprint density at radius 2 is 2.00 bits per heavy atom. The average molecular weight is 321 g/mol. The molecule has 0 amide bonds.